The molecule has 0 aliphatic rings. The third-order valence-corrected chi connectivity index (χ3v) is 5.04. The maximum absolute atomic E-state index is 12.2. The summed E-state index contributed by atoms with van der Waals surface area (Å²) in [6.07, 6.45) is 0.963. The molecule has 0 bridgehead atoms. The second kappa shape index (κ2) is 8.36. The Bertz CT molecular complexity index is 436. The highest BCUT2D eigenvalue weighted by atomic mass is 32.2. The van der Waals surface area contributed by atoms with Gasteiger partial charge in [0.2, 0.25) is 0 Å². The molecular weight excluding hydrogens is 292 g/mol. The van der Waals surface area contributed by atoms with E-state index in [1.807, 2.05) is 37.6 Å². The van der Waals surface area contributed by atoms with Gasteiger partial charge in [0.15, 0.2) is 5.13 Å². The molecule has 1 atom stereocenters. The second-order valence-corrected chi connectivity index (χ2v) is 6.96. The Labute approximate surface area is 129 Å². The molecular formula is C13H24N4OS2. The summed E-state index contributed by atoms with van der Waals surface area (Å²) >= 11 is 3.22. The number of thioether (sulfide) groups is 1. The first-order chi connectivity index (χ1) is 9.49. The summed E-state index contributed by atoms with van der Waals surface area (Å²) in [6.45, 7) is 7.02. The molecule has 0 aliphatic heterocycles. The topological polar surface area (TPSA) is 71.2 Å². The predicted octanol–water partition coefficient (Wildman–Crippen LogP) is 2.44. The van der Waals surface area contributed by atoms with Crippen LogP contribution in [0.25, 0.3) is 0 Å². The highest BCUT2D eigenvalue weighted by molar-refractivity contribution is 7.99. The van der Waals surface area contributed by atoms with Gasteiger partial charge in [0.25, 0.3) is 5.91 Å². The van der Waals surface area contributed by atoms with Crippen molar-refractivity contribution in [3.05, 3.63) is 4.88 Å². The lowest BCUT2D eigenvalue weighted by molar-refractivity contribution is 0.0944. The van der Waals surface area contributed by atoms with E-state index in [-0.39, 0.29) is 11.9 Å². The van der Waals surface area contributed by atoms with Crippen molar-refractivity contribution in [3.63, 3.8) is 0 Å². The van der Waals surface area contributed by atoms with Gasteiger partial charge in [-0.05, 0) is 31.8 Å². The lowest BCUT2D eigenvalue weighted by Crippen LogP contribution is -2.32. The Morgan fingerprint density at radius 2 is 2.25 bits per heavy atom. The molecule has 0 saturated carbocycles. The van der Waals surface area contributed by atoms with Crippen LogP contribution in [0, 0.1) is 0 Å². The Balaban J connectivity index is 2.61. The highest BCUT2D eigenvalue weighted by Gasteiger charge is 2.19. The fourth-order valence-electron chi connectivity index (χ4n) is 1.55. The SMILES string of the molecule is CCSCCC(C)NC(=O)c1sc(N(C)CC)nc1N. The fourth-order valence-corrected chi connectivity index (χ4v) is 3.27. The van der Waals surface area contributed by atoms with Crippen LogP contribution < -0.4 is 16.0 Å². The Hall–Kier alpha value is -0.950. The van der Waals surface area contributed by atoms with Crippen LogP contribution in [-0.4, -0.2) is 42.0 Å². The molecule has 1 amide bonds. The number of aromatic nitrogens is 1. The smallest absolute Gasteiger partial charge is 0.265 e. The van der Waals surface area contributed by atoms with Gasteiger partial charge >= 0.3 is 0 Å². The monoisotopic (exact) mass is 316 g/mol. The van der Waals surface area contributed by atoms with Crippen LogP contribution in [0.4, 0.5) is 10.9 Å². The number of nitrogens with two attached hydrogens (primary N) is 1. The normalized spacial score (nSPS) is 12.2. The third kappa shape index (κ3) is 4.86. The summed E-state index contributed by atoms with van der Waals surface area (Å²) in [5.41, 5.74) is 5.84. The molecule has 3 N–H and O–H groups in total. The Kier molecular flexibility index (Phi) is 7.15. The first-order valence-corrected chi connectivity index (χ1v) is 8.82. The number of thiazole rings is 1. The van der Waals surface area contributed by atoms with Crippen molar-refractivity contribution < 1.29 is 4.79 Å². The van der Waals surface area contributed by atoms with E-state index in [4.69, 9.17) is 5.73 Å². The molecule has 0 saturated heterocycles. The number of carbonyl (C=O) groups excluding carboxylic acids is 1. The van der Waals surface area contributed by atoms with Crippen LogP contribution in [-0.2, 0) is 0 Å². The minimum Gasteiger partial charge on any atom is -0.382 e. The van der Waals surface area contributed by atoms with E-state index >= 15 is 0 Å². The molecule has 1 heterocycles. The maximum Gasteiger partial charge on any atom is 0.265 e. The average Bonchev–Trinajstić information content (AvgIpc) is 2.80. The number of rotatable bonds is 8. The van der Waals surface area contributed by atoms with Gasteiger partial charge in [0, 0.05) is 19.6 Å². The fraction of sp³-hybridized carbons (Fsp3) is 0.692. The van der Waals surface area contributed by atoms with E-state index in [1.54, 1.807) is 0 Å². The largest absolute Gasteiger partial charge is 0.382 e. The molecule has 0 fully saturated rings. The van der Waals surface area contributed by atoms with Crippen LogP contribution in [0.2, 0.25) is 0 Å². The summed E-state index contributed by atoms with van der Waals surface area (Å²) < 4.78 is 0. The Morgan fingerprint density at radius 3 is 2.85 bits per heavy atom. The molecule has 5 nitrogen and oxygen atoms in total. The molecule has 7 heteroatoms. The first kappa shape index (κ1) is 17.1. The third-order valence-electron chi connectivity index (χ3n) is 2.93. The van der Waals surface area contributed by atoms with Gasteiger partial charge in [-0.25, -0.2) is 4.98 Å². The van der Waals surface area contributed by atoms with Gasteiger partial charge in [-0.15, -0.1) is 0 Å². The average molecular weight is 316 g/mol. The van der Waals surface area contributed by atoms with E-state index in [1.165, 1.54) is 11.3 Å². The number of nitrogens with one attached hydrogen (secondary N) is 1. The minimum atomic E-state index is -0.121. The number of nitrogens with zero attached hydrogens (tertiary/aromatic N) is 2. The van der Waals surface area contributed by atoms with Crippen molar-refractivity contribution in [2.75, 3.05) is 35.7 Å². The van der Waals surface area contributed by atoms with Crippen LogP contribution in [0.15, 0.2) is 0 Å². The van der Waals surface area contributed by atoms with E-state index < -0.39 is 0 Å². The zero-order chi connectivity index (χ0) is 15.1. The zero-order valence-corrected chi connectivity index (χ0v) is 14.2. The van der Waals surface area contributed by atoms with Crippen LogP contribution in [0.3, 0.4) is 0 Å². The number of nitrogen functional groups attached to an aromatic ring is 1. The first-order valence-electron chi connectivity index (χ1n) is 6.85. The summed E-state index contributed by atoms with van der Waals surface area (Å²) in [6, 6.07) is 0.149. The van der Waals surface area contributed by atoms with Crippen LogP contribution in [0.5, 0.6) is 0 Å². The quantitative estimate of drug-likeness (QED) is 0.721. The van der Waals surface area contributed by atoms with Crippen LogP contribution >= 0.6 is 23.1 Å². The van der Waals surface area contributed by atoms with Gasteiger partial charge < -0.3 is 16.0 Å². The van der Waals surface area contributed by atoms with Crippen molar-refractivity contribution in [1.29, 1.82) is 0 Å². The molecule has 1 rings (SSSR count). The number of carbonyl (C=O) groups is 1. The van der Waals surface area contributed by atoms with Gasteiger partial charge in [-0.3, -0.25) is 4.79 Å². The molecule has 1 aromatic rings. The molecule has 20 heavy (non-hydrogen) atoms. The van der Waals surface area contributed by atoms with Gasteiger partial charge in [-0.2, -0.15) is 11.8 Å². The lowest BCUT2D eigenvalue weighted by Gasteiger charge is -2.13. The van der Waals surface area contributed by atoms with Crippen molar-refractivity contribution in [1.82, 2.24) is 10.3 Å². The standard InChI is InChI=1S/C13H24N4OS2/c1-5-17(4)13-16-11(14)10(20-13)12(18)15-9(3)7-8-19-6-2/h9H,5-8,14H2,1-4H3,(H,15,18). The number of amides is 1. The molecule has 1 aromatic heterocycles. The summed E-state index contributed by atoms with van der Waals surface area (Å²) in [4.78, 5) is 18.9. The molecule has 0 radical (unpaired) electrons. The van der Waals surface area contributed by atoms with Gasteiger partial charge in [0.05, 0.1) is 0 Å². The number of hydrogen-bond donors (Lipinski definition) is 2. The lowest BCUT2D eigenvalue weighted by atomic mass is 10.2. The minimum absolute atomic E-state index is 0.121. The van der Waals surface area contributed by atoms with Crippen molar-refractivity contribution >= 4 is 40.0 Å². The molecule has 114 valence electrons. The summed E-state index contributed by atoms with van der Waals surface area (Å²) in [5, 5.41) is 3.77. The zero-order valence-electron chi connectivity index (χ0n) is 12.6. The number of hydrogen-bond acceptors (Lipinski definition) is 6. The second-order valence-electron chi connectivity index (χ2n) is 4.59. The van der Waals surface area contributed by atoms with Gasteiger partial charge in [-0.1, -0.05) is 18.3 Å². The summed E-state index contributed by atoms with van der Waals surface area (Å²) in [7, 11) is 1.94. The maximum atomic E-state index is 12.2. The van der Waals surface area contributed by atoms with Crippen molar-refractivity contribution in [2.24, 2.45) is 0 Å². The molecule has 1 unspecified atom stereocenters. The van der Waals surface area contributed by atoms with Crippen molar-refractivity contribution in [3.8, 4) is 0 Å². The van der Waals surface area contributed by atoms with E-state index in [0.29, 0.717) is 10.7 Å². The van der Waals surface area contributed by atoms with Crippen molar-refractivity contribution in [2.45, 2.75) is 33.2 Å². The van der Waals surface area contributed by atoms with E-state index in [9.17, 15) is 4.79 Å². The number of anilines is 2. The molecule has 0 spiro atoms. The Morgan fingerprint density at radius 1 is 1.55 bits per heavy atom. The van der Waals surface area contributed by atoms with Gasteiger partial charge in [0.1, 0.15) is 10.7 Å². The predicted molar refractivity (Wildman–Crippen MR) is 90.0 cm³/mol. The molecule has 0 aromatic carbocycles. The van der Waals surface area contributed by atoms with E-state index in [2.05, 4.69) is 17.2 Å². The summed E-state index contributed by atoms with van der Waals surface area (Å²) in [5.74, 6) is 2.36. The highest BCUT2D eigenvalue weighted by Crippen LogP contribution is 2.27. The van der Waals surface area contributed by atoms with Crippen LogP contribution in [0.1, 0.15) is 36.9 Å². The van der Waals surface area contributed by atoms with E-state index in [0.717, 1.165) is 29.6 Å². The molecule has 0 aliphatic carbocycles.